The third kappa shape index (κ3) is 20.1. The minimum atomic E-state index is -6.00. The van der Waals surface area contributed by atoms with E-state index in [0.29, 0.717) is 18.6 Å². The van der Waals surface area contributed by atoms with Gasteiger partial charge in [0.1, 0.15) is 11.6 Å². The SMILES string of the molecule is CC(C)(C)C(=O)CCCCCCCC/C(F)=C/[I+]c1ccccc1.F[B-](F)(F)F. The first-order valence-corrected chi connectivity index (χ1v) is 12.2. The van der Waals surface area contributed by atoms with Crippen molar-refractivity contribution < 1.29 is 47.7 Å². The topological polar surface area (TPSA) is 17.1 Å². The Morgan fingerprint density at radius 1 is 0.897 bits per heavy atom. The third-order valence-corrected chi connectivity index (χ3v) is 6.36. The molecule has 1 rings (SSSR count). The van der Waals surface area contributed by atoms with Crippen LogP contribution in [0.1, 0.15) is 72.1 Å². The lowest BCUT2D eigenvalue weighted by molar-refractivity contribution is -0.558. The first kappa shape index (κ1) is 28.1. The van der Waals surface area contributed by atoms with Crippen LogP contribution < -0.4 is 21.2 Å². The number of unbranched alkanes of at least 4 members (excludes halogenated alkanes) is 5. The molecule has 0 bridgehead atoms. The van der Waals surface area contributed by atoms with Crippen molar-refractivity contribution in [1.82, 2.24) is 0 Å². The van der Waals surface area contributed by atoms with E-state index in [9.17, 15) is 26.4 Å². The number of halogens is 6. The number of Topliss-reactive ketones (excluding diaryl/α,β-unsaturated/α-hetero) is 1. The molecule has 0 heterocycles. The van der Waals surface area contributed by atoms with Gasteiger partial charge in [0.05, 0.1) is 0 Å². The van der Waals surface area contributed by atoms with E-state index in [2.05, 4.69) is 12.1 Å². The van der Waals surface area contributed by atoms with Crippen molar-refractivity contribution in [1.29, 1.82) is 0 Å². The van der Waals surface area contributed by atoms with Gasteiger partial charge in [0.15, 0.2) is 7.65 Å². The smallest absolute Gasteiger partial charge is 0.418 e. The van der Waals surface area contributed by atoms with Crippen molar-refractivity contribution in [2.75, 3.05) is 0 Å². The molecule has 0 unspecified atom stereocenters. The molecule has 0 saturated heterocycles. The summed E-state index contributed by atoms with van der Waals surface area (Å²) in [6.07, 6.45) is 7.69. The van der Waals surface area contributed by atoms with Crippen LogP contribution >= 0.6 is 0 Å². The van der Waals surface area contributed by atoms with Crippen molar-refractivity contribution in [3.63, 3.8) is 0 Å². The van der Waals surface area contributed by atoms with Gasteiger partial charge in [-0.3, -0.25) is 4.79 Å². The number of hydrogen-bond donors (Lipinski definition) is 0. The lowest BCUT2D eigenvalue weighted by Gasteiger charge is -2.16. The second-order valence-electron chi connectivity index (χ2n) is 7.75. The van der Waals surface area contributed by atoms with Crippen LogP contribution in [0.3, 0.4) is 0 Å². The fourth-order valence-electron chi connectivity index (χ4n) is 2.33. The van der Waals surface area contributed by atoms with Crippen LogP contribution in [0.15, 0.2) is 40.2 Å². The number of carbonyl (C=O) groups excluding carboxylic acids is 1. The van der Waals surface area contributed by atoms with Gasteiger partial charge in [0.25, 0.3) is 0 Å². The quantitative estimate of drug-likeness (QED) is 0.174. The summed E-state index contributed by atoms with van der Waals surface area (Å²) >= 11 is -0.333. The fourth-order valence-corrected chi connectivity index (χ4v) is 4.17. The Labute approximate surface area is 181 Å². The van der Waals surface area contributed by atoms with Gasteiger partial charge in [0.2, 0.25) is 0 Å². The highest BCUT2D eigenvalue weighted by molar-refractivity contribution is 6.50. The van der Waals surface area contributed by atoms with E-state index in [1.165, 1.54) is 3.57 Å². The molecule has 1 aromatic carbocycles. The average molecular weight is 532 g/mol. The molecule has 8 heteroatoms. The van der Waals surface area contributed by atoms with Crippen molar-refractivity contribution in [2.45, 2.75) is 72.1 Å². The molecule has 0 aromatic heterocycles. The lowest BCUT2D eigenvalue weighted by atomic mass is 9.88. The predicted molar refractivity (Wildman–Crippen MR) is 106 cm³/mol. The molecule has 29 heavy (non-hydrogen) atoms. The van der Waals surface area contributed by atoms with Crippen LogP contribution in [0.5, 0.6) is 0 Å². The van der Waals surface area contributed by atoms with Crippen molar-refractivity contribution in [2.24, 2.45) is 5.41 Å². The monoisotopic (exact) mass is 532 g/mol. The minimum Gasteiger partial charge on any atom is -0.418 e. The Morgan fingerprint density at radius 2 is 1.34 bits per heavy atom. The van der Waals surface area contributed by atoms with Gasteiger partial charge in [-0.1, -0.05) is 64.7 Å². The summed E-state index contributed by atoms with van der Waals surface area (Å²) in [5.74, 6) is 0.416. The van der Waals surface area contributed by atoms with Crippen LogP contribution in [0.4, 0.5) is 21.7 Å². The molecule has 0 radical (unpaired) electrons. The predicted octanol–water partition coefficient (Wildman–Crippen LogP) is 4.79. The first-order valence-electron chi connectivity index (χ1n) is 9.83. The molecule has 0 aliphatic heterocycles. The minimum absolute atomic E-state index is 0.0578. The van der Waals surface area contributed by atoms with E-state index in [0.717, 1.165) is 38.5 Å². The van der Waals surface area contributed by atoms with Gasteiger partial charge >= 0.3 is 28.5 Å². The summed E-state index contributed by atoms with van der Waals surface area (Å²) in [6, 6.07) is 10.2. The second kappa shape index (κ2) is 15.0. The van der Waals surface area contributed by atoms with E-state index < -0.39 is 7.25 Å². The standard InChI is InChI=1S/C21H31FIO.BF4/c1-21(2,3)20(24)16-12-7-5-4-6-9-13-18(22)17-23-19-14-10-8-11-15-19;2-1(3,4)5/h8,10-11,14-15,17H,4-7,9,12-13,16H2,1-3H3;/q+1;-1/b18-17-;. The fraction of sp³-hybridized carbons (Fsp3) is 0.571. The van der Waals surface area contributed by atoms with Crippen molar-refractivity contribution in [3.05, 3.63) is 43.8 Å². The number of carbonyl (C=O) groups is 1. The van der Waals surface area contributed by atoms with Gasteiger partial charge in [0, 0.05) is 18.3 Å². The summed E-state index contributed by atoms with van der Waals surface area (Å²) in [5.41, 5.74) is -0.202. The molecule has 0 aliphatic carbocycles. The Bertz CT molecular complexity index is 591. The average Bonchev–Trinajstić information content (AvgIpc) is 2.60. The zero-order valence-electron chi connectivity index (χ0n) is 17.4. The van der Waals surface area contributed by atoms with Gasteiger partial charge in [-0.25, -0.2) is 4.39 Å². The molecule has 0 aliphatic rings. The van der Waals surface area contributed by atoms with Gasteiger partial charge < -0.3 is 17.3 Å². The van der Waals surface area contributed by atoms with E-state index in [1.54, 1.807) is 0 Å². The second-order valence-corrected chi connectivity index (χ2v) is 10.2. The number of rotatable bonds is 11. The van der Waals surface area contributed by atoms with E-state index in [-0.39, 0.29) is 32.4 Å². The molecule has 0 N–H and O–H groups in total. The zero-order chi connectivity index (χ0) is 22.3. The van der Waals surface area contributed by atoms with Crippen LogP contribution in [-0.2, 0) is 4.79 Å². The van der Waals surface area contributed by atoms with E-state index >= 15 is 0 Å². The highest BCUT2D eigenvalue weighted by Crippen LogP contribution is 2.19. The summed E-state index contributed by atoms with van der Waals surface area (Å²) in [7, 11) is -6.00. The summed E-state index contributed by atoms with van der Waals surface area (Å²) < 4.78 is 55.8. The highest BCUT2D eigenvalue weighted by atomic mass is 127. The summed E-state index contributed by atoms with van der Waals surface area (Å²) in [5, 5.41) is 0. The Kier molecular flexibility index (Phi) is 14.5. The third-order valence-electron chi connectivity index (χ3n) is 3.94. The lowest BCUT2D eigenvalue weighted by Crippen LogP contribution is -3.59. The van der Waals surface area contributed by atoms with Crippen molar-refractivity contribution in [3.8, 4) is 0 Å². The number of ketones is 1. The van der Waals surface area contributed by atoms with Gasteiger partial charge in [-0.15, -0.1) is 0 Å². The summed E-state index contributed by atoms with van der Waals surface area (Å²) in [4.78, 5) is 11.8. The maximum Gasteiger partial charge on any atom is 0.673 e. The molecular formula is C21H31BF5IO. The molecular weight excluding hydrogens is 501 g/mol. The van der Waals surface area contributed by atoms with Crippen LogP contribution in [0.25, 0.3) is 0 Å². The maximum atomic E-state index is 13.8. The van der Waals surface area contributed by atoms with Gasteiger partial charge in [-0.05, 0) is 25.0 Å². The molecule has 1 nitrogen and oxygen atoms in total. The molecule has 1 aromatic rings. The molecule has 0 fully saturated rings. The largest absolute Gasteiger partial charge is 0.673 e. The molecule has 0 amide bonds. The van der Waals surface area contributed by atoms with E-state index in [1.807, 2.05) is 43.1 Å². The number of hydrogen-bond acceptors (Lipinski definition) is 1. The van der Waals surface area contributed by atoms with Crippen molar-refractivity contribution >= 4 is 13.0 Å². The number of allylic oxidation sites excluding steroid dienone is 1. The highest BCUT2D eigenvalue weighted by Gasteiger charge is 2.21. The normalized spacial score (nSPS) is 12.3. The first-order chi connectivity index (χ1) is 13.4. The van der Waals surface area contributed by atoms with E-state index in [4.69, 9.17) is 0 Å². The maximum absolute atomic E-state index is 13.8. The Morgan fingerprint density at radius 3 is 1.83 bits per heavy atom. The Hall–Kier alpha value is -0.925. The Balaban J connectivity index is 0.00000139. The molecule has 166 valence electrons. The zero-order valence-corrected chi connectivity index (χ0v) is 19.5. The van der Waals surface area contributed by atoms with Gasteiger partial charge in [-0.2, -0.15) is 0 Å². The summed E-state index contributed by atoms with van der Waals surface area (Å²) in [6.45, 7) is 5.95. The molecule has 0 spiro atoms. The number of benzene rings is 1. The molecule has 0 saturated carbocycles. The van der Waals surface area contributed by atoms with Crippen LogP contribution in [-0.4, -0.2) is 13.0 Å². The van der Waals surface area contributed by atoms with Crippen LogP contribution in [0, 0.1) is 8.99 Å². The molecule has 0 atom stereocenters. The van der Waals surface area contributed by atoms with Crippen LogP contribution in [0.2, 0.25) is 0 Å².